The van der Waals surface area contributed by atoms with Gasteiger partial charge in [0.2, 0.25) is 5.91 Å². The highest BCUT2D eigenvalue weighted by Crippen LogP contribution is 2.15. The molecule has 3 atom stereocenters. The van der Waals surface area contributed by atoms with Gasteiger partial charge in [0.1, 0.15) is 0 Å². The summed E-state index contributed by atoms with van der Waals surface area (Å²) in [6, 6.07) is 0.662. The van der Waals surface area contributed by atoms with Crippen LogP contribution in [0, 0.1) is 0 Å². The Morgan fingerprint density at radius 1 is 1.14 bits per heavy atom. The lowest BCUT2D eigenvalue weighted by Gasteiger charge is -2.34. The molecular weight excluding hydrogens is 242 g/mol. The molecule has 2 nitrogen and oxygen atoms in total. The van der Waals surface area contributed by atoms with Gasteiger partial charge in [0.25, 0.3) is 0 Å². The van der Waals surface area contributed by atoms with Gasteiger partial charge in [-0.1, -0.05) is 29.8 Å². The summed E-state index contributed by atoms with van der Waals surface area (Å²) in [6.07, 6.45) is 2.02. The van der Waals surface area contributed by atoms with Gasteiger partial charge in [0.05, 0.1) is 4.83 Å². The highest BCUT2D eigenvalue weighted by Gasteiger charge is 2.25. The number of hydrogen-bond donors (Lipinski definition) is 0. The number of hydrogen-bond acceptors (Lipinski definition) is 1. The van der Waals surface area contributed by atoms with Crippen LogP contribution in [0.1, 0.15) is 47.5 Å². The molecule has 0 aromatic rings. The average Bonchev–Trinajstić information content (AvgIpc) is 2.16. The van der Waals surface area contributed by atoms with Gasteiger partial charge >= 0.3 is 0 Å². The zero-order chi connectivity index (χ0) is 11.3. The predicted octanol–water partition coefficient (Wildman–Crippen LogP) is 3.20. The number of nitrogens with zero attached hydrogens (tertiary/aromatic N) is 1. The third kappa shape index (κ3) is 3.60. The van der Waals surface area contributed by atoms with E-state index in [1.807, 2.05) is 11.8 Å². The second-order valence-electron chi connectivity index (χ2n) is 3.88. The Kier molecular flexibility index (Phi) is 6.41. The van der Waals surface area contributed by atoms with Crippen LogP contribution in [0.5, 0.6) is 0 Å². The summed E-state index contributed by atoms with van der Waals surface area (Å²) in [7, 11) is 0. The van der Waals surface area contributed by atoms with Gasteiger partial charge < -0.3 is 4.90 Å². The summed E-state index contributed by atoms with van der Waals surface area (Å²) >= 11 is 3.34. The Labute approximate surface area is 96.2 Å². The van der Waals surface area contributed by atoms with Crippen molar-refractivity contribution in [1.29, 1.82) is 0 Å². The molecule has 0 aliphatic heterocycles. The lowest BCUT2D eigenvalue weighted by atomic mass is 10.1. The second kappa shape index (κ2) is 6.44. The lowest BCUT2D eigenvalue weighted by Crippen LogP contribution is -2.46. The minimum atomic E-state index is -0.0782. The normalized spacial score (nSPS) is 17.3. The fraction of sp³-hybridized carbons (Fsp3) is 0.909. The van der Waals surface area contributed by atoms with E-state index in [9.17, 15) is 4.79 Å². The molecule has 1 amide bonds. The van der Waals surface area contributed by atoms with Gasteiger partial charge in [-0.15, -0.1) is 0 Å². The predicted molar refractivity (Wildman–Crippen MR) is 64.7 cm³/mol. The molecule has 0 aromatic carbocycles. The first-order chi connectivity index (χ1) is 6.45. The second-order valence-corrected chi connectivity index (χ2v) is 5.25. The molecule has 3 heteroatoms. The molecule has 0 aliphatic rings. The first-order valence-corrected chi connectivity index (χ1v) is 6.33. The topological polar surface area (TPSA) is 20.3 Å². The largest absolute Gasteiger partial charge is 0.336 e. The molecule has 84 valence electrons. The maximum absolute atomic E-state index is 11.9. The van der Waals surface area contributed by atoms with Crippen molar-refractivity contribution >= 4 is 21.8 Å². The van der Waals surface area contributed by atoms with E-state index in [1.54, 1.807) is 0 Å². The van der Waals surface area contributed by atoms with Crippen LogP contribution in [-0.2, 0) is 4.79 Å². The Bertz CT molecular complexity index is 172. The number of rotatable bonds is 5. The Balaban J connectivity index is 4.63. The van der Waals surface area contributed by atoms with Crippen molar-refractivity contribution in [2.75, 3.05) is 0 Å². The monoisotopic (exact) mass is 263 g/mol. The summed E-state index contributed by atoms with van der Waals surface area (Å²) in [5, 5.41) is 0. The van der Waals surface area contributed by atoms with Crippen LogP contribution in [0.3, 0.4) is 0 Å². The van der Waals surface area contributed by atoms with Crippen molar-refractivity contribution < 1.29 is 4.79 Å². The van der Waals surface area contributed by atoms with Crippen LogP contribution in [0.15, 0.2) is 0 Å². The van der Waals surface area contributed by atoms with Crippen molar-refractivity contribution in [3.8, 4) is 0 Å². The average molecular weight is 264 g/mol. The molecule has 0 unspecified atom stereocenters. The minimum Gasteiger partial charge on any atom is -0.336 e. The SMILES string of the molecule is CC[C@@H](C)N(C(=O)[C@@H](C)Br)[C@@H](C)CC. The Morgan fingerprint density at radius 2 is 1.50 bits per heavy atom. The molecule has 0 aliphatic carbocycles. The van der Waals surface area contributed by atoms with E-state index in [4.69, 9.17) is 0 Å². The van der Waals surface area contributed by atoms with Crippen LogP contribution in [0.2, 0.25) is 0 Å². The zero-order valence-corrected chi connectivity index (χ0v) is 11.5. The number of carbonyl (C=O) groups is 1. The molecule has 0 rings (SSSR count). The molecule has 0 aromatic heterocycles. The van der Waals surface area contributed by atoms with E-state index >= 15 is 0 Å². The van der Waals surface area contributed by atoms with E-state index in [2.05, 4.69) is 43.6 Å². The summed E-state index contributed by atoms with van der Waals surface area (Å²) in [5.74, 6) is 0.203. The van der Waals surface area contributed by atoms with Crippen LogP contribution in [0.4, 0.5) is 0 Å². The highest BCUT2D eigenvalue weighted by atomic mass is 79.9. The van der Waals surface area contributed by atoms with Crippen molar-refractivity contribution in [3.05, 3.63) is 0 Å². The molecule has 0 fully saturated rings. The summed E-state index contributed by atoms with van der Waals surface area (Å²) in [4.78, 5) is 13.8. The van der Waals surface area contributed by atoms with Gasteiger partial charge in [-0.2, -0.15) is 0 Å². The molecule has 0 bridgehead atoms. The molecule has 0 N–H and O–H groups in total. The van der Waals surface area contributed by atoms with Gasteiger partial charge in [-0.05, 0) is 33.6 Å². The van der Waals surface area contributed by atoms with E-state index in [0.717, 1.165) is 12.8 Å². The standard InChI is InChI=1S/C11H22BrNO/c1-6-8(3)13(9(4)7-2)11(14)10(5)12/h8-10H,6-7H2,1-5H3/t8-,9+,10-/m1/s1. The maximum Gasteiger partial charge on any atom is 0.236 e. The van der Waals surface area contributed by atoms with Gasteiger partial charge in [0.15, 0.2) is 0 Å². The first-order valence-electron chi connectivity index (χ1n) is 5.41. The van der Waals surface area contributed by atoms with Crippen LogP contribution >= 0.6 is 15.9 Å². The smallest absolute Gasteiger partial charge is 0.236 e. The van der Waals surface area contributed by atoms with E-state index in [-0.39, 0.29) is 10.7 Å². The van der Waals surface area contributed by atoms with Crippen LogP contribution in [0.25, 0.3) is 0 Å². The zero-order valence-electron chi connectivity index (χ0n) is 9.88. The molecule has 0 spiro atoms. The van der Waals surface area contributed by atoms with Crippen LogP contribution < -0.4 is 0 Å². The van der Waals surface area contributed by atoms with Crippen molar-refractivity contribution in [2.45, 2.75) is 64.4 Å². The lowest BCUT2D eigenvalue weighted by molar-refractivity contribution is -0.134. The number of carbonyl (C=O) groups excluding carboxylic acids is 1. The molecular formula is C11H22BrNO. The summed E-state index contributed by atoms with van der Waals surface area (Å²) in [5.41, 5.74) is 0. The van der Waals surface area contributed by atoms with Crippen molar-refractivity contribution in [2.24, 2.45) is 0 Å². The molecule has 0 radical (unpaired) electrons. The van der Waals surface area contributed by atoms with E-state index in [1.165, 1.54) is 0 Å². The number of halogens is 1. The molecule has 14 heavy (non-hydrogen) atoms. The van der Waals surface area contributed by atoms with Gasteiger partial charge in [0, 0.05) is 12.1 Å². The minimum absolute atomic E-state index is 0.0782. The third-order valence-corrected chi connectivity index (χ3v) is 3.12. The van der Waals surface area contributed by atoms with E-state index in [0.29, 0.717) is 12.1 Å². The molecule has 0 heterocycles. The van der Waals surface area contributed by atoms with Crippen LogP contribution in [-0.4, -0.2) is 27.7 Å². The quantitative estimate of drug-likeness (QED) is 0.698. The number of alkyl halides is 1. The van der Waals surface area contributed by atoms with Crippen molar-refractivity contribution in [3.63, 3.8) is 0 Å². The molecule has 0 saturated heterocycles. The first kappa shape index (κ1) is 13.9. The number of amides is 1. The fourth-order valence-electron chi connectivity index (χ4n) is 1.47. The Morgan fingerprint density at radius 3 is 1.71 bits per heavy atom. The molecule has 0 saturated carbocycles. The van der Waals surface area contributed by atoms with E-state index < -0.39 is 0 Å². The Hall–Kier alpha value is -0.0500. The maximum atomic E-state index is 11.9. The highest BCUT2D eigenvalue weighted by molar-refractivity contribution is 9.10. The van der Waals surface area contributed by atoms with Gasteiger partial charge in [-0.3, -0.25) is 4.79 Å². The van der Waals surface area contributed by atoms with Crippen molar-refractivity contribution in [1.82, 2.24) is 4.90 Å². The fourth-order valence-corrected chi connectivity index (χ4v) is 1.70. The third-order valence-electron chi connectivity index (χ3n) is 2.73. The van der Waals surface area contributed by atoms with Gasteiger partial charge in [-0.25, -0.2) is 0 Å². The summed E-state index contributed by atoms with van der Waals surface area (Å²) < 4.78 is 0. The summed E-state index contributed by atoms with van der Waals surface area (Å²) in [6.45, 7) is 10.3.